The Labute approximate surface area is 110 Å². The van der Waals surface area contributed by atoms with Crippen LogP contribution in [0.3, 0.4) is 0 Å². The summed E-state index contributed by atoms with van der Waals surface area (Å²) in [6.07, 6.45) is 1.82. The molecule has 0 saturated carbocycles. The van der Waals surface area contributed by atoms with Crippen LogP contribution in [0, 0.1) is 10.1 Å². The summed E-state index contributed by atoms with van der Waals surface area (Å²) in [4.78, 5) is 21.6. The number of hydrogen-bond donors (Lipinski definition) is 3. The van der Waals surface area contributed by atoms with Crippen molar-refractivity contribution in [1.82, 2.24) is 5.32 Å². The number of amides is 1. The van der Waals surface area contributed by atoms with Crippen LogP contribution in [0.5, 0.6) is 0 Å². The van der Waals surface area contributed by atoms with Crippen LogP contribution in [0.2, 0.25) is 0 Å². The summed E-state index contributed by atoms with van der Waals surface area (Å²) in [5.41, 5.74) is 5.58. The predicted molar refractivity (Wildman–Crippen MR) is 71.1 cm³/mol. The van der Waals surface area contributed by atoms with Crippen LogP contribution in [0.15, 0.2) is 18.2 Å². The third-order valence-corrected chi connectivity index (χ3v) is 3.18. The molecule has 102 valence electrons. The lowest BCUT2D eigenvalue weighted by atomic mass is 10.1. The second-order valence-electron chi connectivity index (χ2n) is 4.52. The number of carbonyl (C=O) groups is 1. The van der Waals surface area contributed by atoms with E-state index in [4.69, 9.17) is 5.73 Å². The molecule has 1 aromatic carbocycles. The smallest absolute Gasteiger partial charge is 0.293 e. The number of piperidine rings is 1. The number of nitro benzene ring substituents is 1. The van der Waals surface area contributed by atoms with E-state index >= 15 is 0 Å². The summed E-state index contributed by atoms with van der Waals surface area (Å²) >= 11 is 0. The Morgan fingerprint density at radius 1 is 1.42 bits per heavy atom. The number of anilines is 1. The monoisotopic (exact) mass is 264 g/mol. The zero-order valence-corrected chi connectivity index (χ0v) is 10.4. The molecular formula is C12H16N4O3. The van der Waals surface area contributed by atoms with E-state index in [0.717, 1.165) is 25.9 Å². The van der Waals surface area contributed by atoms with Gasteiger partial charge in [-0.3, -0.25) is 14.9 Å². The second kappa shape index (κ2) is 5.66. The van der Waals surface area contributed by atoms with Crippen molar-refractivity contribution in [3.05, 3.63) is 33.9 Å². The fraction of sp³-hybridized carbons (Fsp3) is 0.417. The summed E-state index contributed by atoms with van der Waals surface area (Å²) in [6, 6.07) is 4.46. The number of rotatable bonds is 4. The van der Waals surface area contributed by atoms with Crippen LogP contribution < -0.4 is 16.4 Å². The maximum Gasteiger partial charge on any atom is 0.293 e. The zero-order chi connectivity index (χ0) is 13.8. The number of nitrogens with two attached hydrogens (primary N) is 1. The molecule has 0 aliphatic carbocycles. The number of benzene rings is 1. The molecule has 0 bridgehead atoms. The Balaban J connectivity index is 2.23. The number of nitrogens with one attached hydrogen (secondary N) is 2. The quantitative estimate of drug-likeness (QED) is 0.551. The summed E-state index contributed by atoms with van der Waals surface area (Å²) in [5, 5.41) is 17.4. The molecule has 1 amide bonds. The molecule has 0 unspecified atom stereocenters. The van der Waals surface area contributed by atoms with E-state index in [1.165, 1.54) is 12.1 Å². The molecule has 1 aliphatic rings. The fourth-order valence-corrected chi connectivity index (χ4v) is 2.14. The van der Waals surface area contributed by atoms with Crippen LogP contribution >= 0.6 is 0 Å². The molecule has 7 heteroatoms. The Morgan fingerprint density at radius 3 is 2.68 bits per heavy atom. The highest BCUT2D eigenvalue weighted by molar-refractivity contribution is 5.94. The van der Waals surface area contributed by atoms with Gasteiger partial charge in [-0.05, 0) is 38.1 Å². The Bertz CT molecular complexity index is 498. The van der Waals surface area contributed by atoms with Gasteiger partial charge in [0.2, 0.25) is 5.91 Å². The Kier molecular flexibility index (Phi) is 3.96. The van der Waals surface area contributed by atoms with Gasteiger partial charge in [-0.15, -0.1) is 0 Å². The molecule has 0 radical (unpaired) electrons. The van der Waals surface area contributed by atoms with E-state index in [1.54, 1.807) is 6.07 Å². The number of nitro groups is 1. The van der Waals surface area contributed by atoms with Crippen molar-refractivity contribution in [2.45, 2.75) is 18.9 Å². The molecule has 7 nitrogen and oxygen atoms in total. The first kappa shape index (κ1) is 13.3. The molecule has 1 aliphatic heterocycles. The highest BCUT2D eigenvalue weighted by Gasteiger charge is 2.20. The SMILES string of the molecule is NC(=O)c1ccc(NC2CCNCC2)c([N+](=O)[O-])c1. The average molecular weight is 264 g/mol. The van der Waals surface area contributed by atoms with E-state index in [9.17, 15) is 14.9 Å². The van der Waals surface area contributed by atoms with E-state index < -0.39 is 10.8 Å². The number of primary amides is 1. The van der Waals surface area contributed by atoms with Gasteiger partial charge in [-0.25, -0.2) is 0 Å². The van der Waals surface area contributed by atoms with Crippen molar-refractivity contribution in [3.8, 4) is 0 Å². The van der Waals surface area contributed by atoms with Gasteiger partial charge in [0.15, 0.2) is 0 Å². The lowest BCUT2D eigenvalue weighted by Crippen LogP contribution is -2.35. The first-order chi connectivity index (χ1) is 9.08. The normalized spacial score (nSPS) is 16.0. The third-order valence-electron chi connectivity index (χ3n) is 3.18. The minimum absolute atomic E-state index is 0.116. The summed E-state index contributed by atoms with van der Waals surface area (Å²) in [5.74, 6) is -0.670. The predicted octanol–water partition coefficient (Wildman–Crippen LogP) is 0.858. The zero-order valence-electron chi connectivity index (χ0n) is 10.4. The van der Waals surface area contributed by atoms with Gasteiger partial charge in [0, 0.05) is 17.7 Å². The highest BCUT2D eigenvalue weighted by atomic mass is 16.6. The van der Waals surface area contributed by atoms with Gasteiger partial charge in [0.05, 0.1) is 4.92 Å². The van der Waals surface area contributed by atoms with Crippen LogP contribution in [0.4, 0.5) is 11.4 Å². The number of carbonyl (C=O) groups excluding carboxylic acids is 1. The maximum absolute atomic E-state index is 11.0. The van der Waals surface area contributed by atoms with Crippen molar-refractivity contribution in [1.29, 1.82) is 0 Å². The topological polar surface area (TPSA) is 110 Å². The summed E-state index contributed by atoms with van der Waals surface area (Å²) in [7, 11) is 0. The molecule has 0 aromatic heterocycles. The van der Waals surface area contributed by atoms with Crippen molar-refractivity contribution < 1.29 is 9.72 Å². The van der Waals surface area contributed by atoms with Crippen molar-refractivity contribution >= 4 is 17.3 Å². The van der Waals surface area contributed by atoms with Gasteiger partial charge in [-0.1, -0.05) is 0 Å². The van der Waals surface area contributed by atoms with Gasteiger partial charge in [0.25, 0.3) is 5.69 Å². The standard InChI is InChI=1S/C12H16N4O3/c13-12(17)8-1-2-10(11(7-8)16(18)19)15-9-3-5-14-6-4-9/h1-2,7,9,14-15H,3-6H2,(H2,13,17). The van der Waals surface area contributed by atoms with E-state index in [1.807, 2.05) is 0 Å². The molecule has 0 atom stereocenters. The Hall–Kier alpha value is -2.15. The molecule has 1 fully saturated rings. The van der Waals surface area contributed by atoms with Gasteiger partial charge in [-0.2, -0.15) is 0 Å². The number of hydrogen-bond acceptors (Lipinski definition) is 5. The maximum atomic E-state index is 11.0. The molecule has 1 heterocycles. The van der Waals surface area contributed by atoms with Crippen molar-refractivity contribution in [2.75, 3.05) is 18.4 Å². The summed E-state index contributed by atoms with van der Waals surface area (Å²) in [6.45, 7) is 1.79. The fourth-order valence-electron chi connectivity index (χ4n) is 2.14. The van der Waals surface area contributed by atoms with E-state index in [-0.39, 0.29) is 17.3 Å². The molecular weight excluding hydrogens is 248 g/mol. The van der Waals surface area contributed by atoms with Crippen LogP contribution in [0.25, 0.3) is 0 Å². The van der Waals surface area contributed by atoms with Crippen molar-refractivity contribution in [3.63, 3.8) is 0 Å². The minimum Gasteiger partial charge on any atom is -0.377 e. The van der Waals surface area contributed by atoms with Crippen LogP contribution in [-0.4, -0.2) is 30.0 Å². The average Bonchev–Trinajstić information content (AvgIpc) is 2.39. The molecule has 4 N–H and O–H groups in total. The molecule has 1 aromatic rings. The molecule has 2 rings (SSSR count). The van der Waals surface area contributed by atoms with Crippen LogP contribution in [0.1, 0.15) is 23.2 Å². The Morgan fingerprint density at radius 2 is 2.11 bits per heavy atom. The largest absolute Gasteiger partial charge is 0.377 e. The minimum atomic E-state index is -0.670. The van der Waals surface area contributed by atoms with Crippen LogP contribution in [-0.2, 0) is 0 Å². The van der Waals surface area contributed by atoms with Crippen molar-refractivity contribution in [2.24, 2.45) is 5.73 Å². The highest BCUT2D eigenvalue weighted by Crippen LogP contribution is 2.27. The van der Waals surface area contributed by atoms with E-state index in [0.29, 0.717) is 5.69 Å². The van der Waals surface area contributed by atoms with Gasteiger partial charge in [0.1, 0.15) is 5.69 Å². The summed E-state index contributed by atoms with van der Waals surface area (Å²) < 4.78 is 0. The van der Waals surface area contributed by atoms with Gasteiger partial charge >= 0.3 is 0 Å². The first-order valence-electron chi connectivity index (χ1n) is 6.13. The molecule has 1 saturated heterocycles. The second-order valence-corrected chi connectivity index (χ2v) is 4.52. The number of nitrogens with zero attached hydrogens (tertiary/aromatic N) is 1. The first-order valence-corrected chi connectivity index (χ1v) is 6.13. The lowest BCUT2D eigenvalue weighted by molar-refractivity contribution is -0.384. The third kappa shape index (κ3) is 3.19. The van der Waals surface area contributed by atoms with Gasteiger partial charge < -0.3 is 16.4 Å². The molecule has 19 heavy (non-hydrogen) atoms. The lowest BCUT2D eigenvalue weighted by Gasteiger charge is -2.24. The molecule has 0 spiro atoms. The van der Waals surface area contributed by atoms with E-state index in [2.05, 4.69) is 10.6 Å².